The van der Waals surface area contributed by atoms with Crippen LogP contribution in [-0.4, -0.2) is 23.9 Å². The lowest BCUT2D eigenvalue weighted by Crippen LogP contribution is -2.11. The Labute approximate surface area is 120 Å². The quantitative estimate of drug-likeness (QED) is 0.826. The summed E-state index contributed by atoms with van der Waals surface area (Å²) in [6.07, 6.45) is 1.63. The lowest BCUT2D eigenvalue weighted by atomic mass is 10.2. The van der Waals surface area contributed by atoms with Gasteiger partial charge >= 0.3 is 0 Å². The average Bonchev–Trinajstić information content (AvgIpc) is 2.88. The lowest BCUT2D eigenvalue weighted by molar-refractivity contribution is 0.188. The molecule has 0 saturated carbocycles. The van der Waals surface area contributed by atoms with E-state index < -0.39 is 0 Å². The molecule has 0 aliphatic heterocycles. The van der Waals surface area contributed by atoms with Gasteiger partial charge in [-0.25, -0.2) is 0 Å². The maximum Gasteiger partial charge on any atom is 0.243 e. The van der Waals surface area contributed by atoms with Gasteiger partial charge in [0.25, 0.3) is 0 Å². The van der Waals surface area contributed by atoms with Crippen molar-refractivity contribution in [3.63, 3.8) is 0 Å². The second kappa shape index (κ2) is 6.79. The fraction of sp³-hybridized carbons (Fsp3) is 0.385. The minimum absolute atomic E-state index is 0.247. The van der Waals surface area contributed by atoms with E-state index in [0.29, 0.717) is 18.3 Å². The molecule has 0 amide bonds. The fourth-order valence-electron chi connectivity index (χ4n) is 1.70. The number of methoxy groups -OCH3 is 1. The van der Waals surface area contributed by atoms with Crippen molar-refractivity contribution in [2.24, 2.45) is 5.73 Å². The van der Waals surface area contributed by atoms with Crippen LogP contribution in [0.1, 0.15) is 24.8 Å². The summed E-state index contributed by atoms with van der Waals surface area (Å²) in [5, 5.41) is 3.96. The predicted molar refractivity (Wildman–Crippen MR) is 75.5 cm³/mol. The molecule has 1 heterocycles. The zero-order chi connectivity index (χ0) is 13.7. The van der Waals surface area contributed by atoms with Gasteiger partial charge in [-0.15, -0.1) is 0 Å². The molecule has 0 radical (unpaired) electrons. The Kier molecular flexibility index (Phi) is 5.07. The molecule has 102 valence electrons. The molecule has 1 atom stereocenters. The molecule has 0 saturated heterocycles. The highest BCUT2D eigenvalue weighted by molar-refractivity contribution is 9.10. The van der Waals surface area contributed by atoms with Gasteiger partial charge < -0.3 is 15.0 Å². The smallest absolute Gasteiger partial charge is 0.243 e. The zero-order valence-corrected chi connectivity index (χ0v) is 12.3. The Balaban J connectivity index is 2.06. The van der Waals surface area contributed by atoms with Crippen molar-refractivity contribution in [3.8, 4) is 11.4 Å². The number of aromatic nitrogens is 2. The van der Waals surface area contributed by atoms with Crippen LogP contribution in [0.2, 0.25) is 0 Å². The first-order valence-electron chi connectivity index (χ1n) is 6.05. The zero-order valence-electron chi connectivity index (χ0n) is 10.7. The molecule has 0 aliphatic carbocycles. The SMILES string of the molecule is COCCCC(N)c1nc(-c2cccc(Br)c2)no1. The van der Waals surface area contributed by atoms with Crippen LogP contribution < -0.4 is 5.73 Å². The van der Waals surface area contributed by atoms with Crippen molar-refractivity contribution in [1.82, 2.24) is 10.1 Å². The molecule has 0 spiro atoms. The van der Waals surface area contributed by atoms with E-state index in [1.165, 1.54) is 0 Å². The highest BCUT2D eigenvalue weighted by Crippen LogP contribution is 2.22. The third kappa shape index (κ3) is 3.86. The molecule has 6 heteroatoms. The number of ether oxygens (including phenoxy) is 1. The Morgan fingerprint density at radius 2 is 2.32 bits per heavy atom. The molecule has 2 rings (SSSR count). The van der Waals surface area contributed by atoms with Crippen LogP contribution in [0.25, 0.3) is 11.4 Å². The van der Waals surface area contributed by atoms with E-state index in [4.69, 9.17) is 15.0 Å². The predicted octanol–water partition coefficient (Wildman–Crippen LogP) is 2.93. The van der Waals surface area contributed by atoms with Gasteiger partial charge in [-0.05, 0) is 25.0 Å². The van der Waals surface area contributed by atoms with E-state index in [1.54, 1.807) is 7.11 Å². The topological polar surface area (TPSA) is 74.2 Å². The summed E-state index contributed by atoms with van der Waals surface area (Å²) < 4.78 is 11.2. The summed E-state index contributed by atoms with van der Waals surface area (Å²) in [5.74, 6) is 1.02. The minimum Gasteiger partial charge on any atom is -0.385 e. The van der Waals surface area contributed by atoms with Crippen LogP contribution >= 0.6 is 15.9 Å². The molecule has 1 unspecified atom stereocenters. The molecule has 0 fully saturated rings. The van der Waals surface area contributed by atoms with Crippen LogP contribution in [0.15, 0.2) is 33.3 Å². The van der Waals surface area contributed by atoms with Crippen molar-refractivity contribution >= 4 is 15.9 Å². The van der Waals surface area contributed by atoms with Gasteiger partial charge in [0.15, 0.2) is 0 Å². The number of rotatable bonds is 6. The first kappa shape index (κ1) is 14.2. The molecule has 1 aromatic heterocycles. The van der Waals surface area contributed by atoms with E-state index in [9.17, 15) is 0 Å². The van der Waals surface area contributed by atoms with Gasteiger partial charge in [-0.2, -0.15) is 4.98 Å². The third-order valence-corrected chi connectivity index (χ3v) is 3.20. The van der Waals surface area contributed by atoms with Gasteiger partial charge in [0, 0.05) is 23.8 Å². The molecule has 19 heavy (non-hydrogen) atoms. The summed E-state index contributed by atoms with van der Waals surface area (Å²) in [4.78, 5) is 4.34. The molecular formula is C13H16BrN3O2. The first-order chi connectivity index (χ1) is 9.20. The summed E-state index contributed by atoms with van der Waals surface area (Å²) in [6, 6.07) is 7.49. The van der Waals surface area contributed by atoms with Crippen molar-refractivity contribution < 1.29 is 9.26 Å². The van der Waals surface area contributed by atoms with Crippen molar-refractivity contribution in [1.29, 1.82) is 0 Å². The molecule has 2 aromatic rings. The van der Waals surface area contributed by atoms with Gasteiger partial charge in [0.1, 0.15) is 0 Å². The van der Waals surface area contributed by atoms with Crippen LogP contribution in [0, 0.1) is 0 Å². The van der Waals surface area contributed by atoms with Crippen LogP contribution in [0.3, 0.4) is 0 Å². The van der Waals surface area contributed by atoms with Gasteiger partial charge in [-0.3, -0.25) is 0 Å². The molecule has 0 bridgehead atoms. The summed E-state index contributed by atoms with van der Waals surface area (Å²) >= 11 is 3.41. The molecular weight excluding hydrogens is 310 g/mol. The van der Waals surface area contributed by atoms with Gasteiger partial charge in [0.05, 0.1) is 6.04 Å². The Hall–Kier alpha value is -1.24. The van der Waals surface area contributed by atoms with Gasteiger partial charge in [-0.1, -0.05) is 33.2 Å². The van der Waals surface area contributed by atoms with Crippen molar-refractivity contribution in [2.45, 2.75) is 18.9 Å². The standard InChI is InChI=1S/C13H16BrN3O2/c1-18-7-3-6-11(15)13-16-12(17-19-13)9-4-2-5-10(14)8-9/h2,4-5,8,11H,3,6-7,15H2,1H3. The Morgan fingerprint density at radius 3 is 3.05 bits per heavy atom. The average molecular weight is 326 g/mol. The second-order valence-corrected chi connectivity index (χ2v) is 5.12. The van der Waals surface area contributed by atoms with E-state index in [1.807, 2.05) is 24.3 Å². The monoisotopic (exact) mass is 325 g/mol. The van der Waals surface area contributed by atoms with Crippen LogP contribution in [0.5, 0.6) is 0 Å². The number of hydrogen-bond acceptors (Lipinski definition) is 5. The highest BCUT2D eigenvalue weighted by atomic mass is 79.9. The maximum absolute atomic E-state index is 6.00. The first-order valence-corrected chi connectivity index (χ1v) is 6.84. The summed E-state index contributed by atoms with van der Waals surface area (Å²) in [7, 11) is 1.67. The molecule has 0 aliphatic rings. The number of benzene rings is 1. The molecule has 2 N–H and O–H groups in total. The number of hydrogen-bond donors (Lipinski definition) is 1. The normalized spacial score (nSPS) is 12.6. The minimum atomic E-state index is -0.247. The lowest BCUT2D eigenvalue weighted by Gasteiger charge is -2.04. The maximum atomic E-state index is 6.00. The molecule has 1 aromatic carbocycles. The number of nitrogens with two attached hydrogens (primary N) is 1. The largest absolute Gasteiger partial charge is 0.385 e. The van der Waals surface area contributed by atoms with E-state index >= 15 is 0 Å². The van der Waals surface area contributed by atoms with Crippen molar-refractivity contribution in [3.05, 3.63) is 34.6 Å². The summed E-state index contributed by atoms with van der Waals surface area (Å²) in [6.45, 7) is 0.681. The van der Waals surface area contributed by atoms with E-state index in [2.05, 4.69) is 26.1 Å². The van der Waals surface area contributed by atoms with Crippen molar-refractivity contribution in [2.75, 3.05) is 13.7 Å². The second-order valence-electron chi connectivity index (χ2n) is 4.21. The van der Waals surface area contributed by atoms with E-state index in [0.717, 1.165) is 22.9 Å². The highest BCUT2D eigenvalue weighted by Gasteiger charge is 2.15. The van der Waals surface area contributed by atoms with Gasteiger partial charge in [0.2, 0.25) is 11.7 Å². The number of halogens is 1. The Morgan fingerprint density at radius 1 is 1.47 bits per heavy atom. The Bertz CT molecular complexity index is 530. The fourth-order valence-corrected chi connectivity index (χ4v) is 2.10. The third-order valence-electron chi connectivity index (χ3n) is 2.71. The van der Waals surface area contributed by atoms with Crippen LogP contribution in [-0.2, 0) is 4.74 Å². The summed E-state index contributed by atoms with van der Waals surface area (Å²) in [5.41, 5.74) is 6.89. The molecule has 5 nitrogen and oxygen atoms in total. The number of nitrogens with zero attached hydrogens (tertiary/aromatic N) is 2. The van der Waals surface area contributed by atoms with E-state index in [-0.39, 0.29) is 6.04 Å². The van der Waals surface area contributed by atoms with Crippen LogP contribution in [0.4, 0.5) is 0 Å².